The maximum Gasteiger partial charge on any atom is 0.277 e. The quantitative estimate of drug-likeness (QED) is 0.465. The summed E-state index contributed by atoms with van der Waals surface area (Å²) >= 11 is 0. The Morgan fingerprint density at radius 2 is 2.16 bits per heavy atom. The van der Waals surface area contributed by atoms with Gasteiger partial charge in [-0.3, -0.25) is 10.1 Å². The molecule has 0 spiro atoms. The van der Waals surface area contributed by atoms with E-state index in [-0.39, 0.29) is 12.2 Å². The highest BCUT2D eigenvalue weighted by Gasteiger charge is 2.18. The van der Waals surface area contributed by atoms with Crippen LogP contribution in [0.3, 0.4) is 0 Å². The van der Waals surface area contributed by atoms with Crippen molar-refractivity contribution in [1.82, 2.24) is 0 Å². The molecule has 0 unspecified atom stereocenters. The van der Waals surface area contributed by atoms with Crippen LogP contribution in [-0.4, -0.2) is 18.6 Å². The van der Waals surface area contributed by atoms with E-state index in [1.54, 1.807) is 0 Å². The van der Waals surface area contributed by atoms with Crippen LogP contribution in [0.2, 0.25) is 0 Å². The molecule has 0 saturated carbocycles. The fourth-order valence-electron chi connectivity index (χ4n) is 1.48. The number of hydrogen-bond acceptors (Lipinski definition) is 5. The molecular weight excluding hydrogens is 248 g/mol. The molecule has 0 amide bonds. The summed E-state index contributed by atoms with van der Waals surface area (Å²) in [6, 6.07) is 2.87. The van der Waals surface area contributed by atoms with Crippen LogP contribution in [0.15, 0.2) is 24.3 Å². The van der Waals surface area contributed by atoms with Crippen molar-refractivity contribution in [2.75, 3.05) is 13.7 Å². The molecule has 6 heteroatoms. The summed E-state index contributed by atoms with van der Waals surface area (Å²) in [6.45, 7) is 6.14. The lowest BCUT2D eigenvalue weighted by Crippen LogP contribution is -2.06. The molecule has 0 radical (unpaired) electrons. The van der Waals surface area contributed by atoms with Crippen LogP contribution in [-0.2, 0) is 6.54 Å². The molecule has 0 aromatic heterocycles. The van der Waals surface area contributed by atoms with E-state index >= 15 is 0 Å². The highest BCUT2D eigenvalue weighted by molar-refractivity contribution is 5.54. The van der Waals surface area contributed by atoms with Crippen LogP contribution in [0, 0.1) is 10.1 Å². The summed E-state index contributed by atoms with van der Waals surface area (Å²) in [5, 5.41) is 11.0. The van der Waals surface area contributed by atoms with Gasteiger partial charge in [0.05, 0.1) is 18.1 Å². The maximum absolute atomic E-state index is 11.0. The number of nitrogens with two attached hydrogens (primary N) is 1. The van der Waals surface area contributed by atoms with Gasteiger partial charge >= 0.3 is 0 Å². The van der Waals surface area contributed by atoms with Gasteiger partial charge < -0.3 is 15.2 Å². The first-order chi connectivity index (χ1) is 9.03. The number of rotatable bonds is 7. The lowest BCUT2D eigenvalue weighted by molar-refractivity contribution is -0.385. The molecular formula is C13H18N2O4. The average Bonchev–Trinajstić information content (AvgIpc) is 2.43. The Labute approximate surface area is 112 Å². The summed E-state index contributed by atoms with van der Waals surface area (Å²) in [5.41, 5.74) is 6.72. The van der Waals surface area contributed by atoms with Crippen molar-refractivity contribution in [3.8, 4) is 11.5 Å². The van der Waals surface area contributed by atoms with Crippen molar-refractivity contribution in [2.45, 2.75) is 19.9 Å². The monoisotopic (exact) mass is 266 g/mol. The third-order valence-electron chi connectivity index (χ3n) is 2.71. The van der Waals surface area contributed by atoms with Gasteiger partial charge in [-0.25, -0.2) is 0 Å². The van der Waals surface area contributed by atoms with Gasteiger partial charge in [0.15, 0.2) is 11.5 Å². The zero-order chi connectivity index (χ0) is 14.4. The summed E-state index contributed by atoms with van der Waals surface area (Å²) in [4.78, 5) is 10.5. The molecule has 0 aliphatic rings. The molecule has 0 bridgehead atoms. The fourth-order valence-corrected chi connectivity index (χ4v) is 1.48. The molecule has 0 fully saturated rings. The van der Waals surface area contributed by atoms with Crippen LogP contribution in [0.25, 0.3) is 0 Å². The SMILES string of the molecule is C=C(CC)COc1cc([N+](=O)[O-])c(CN)cc1OC. The normalized spacial score (nSPS) is 10.1. The summed E-state index contributed by atoms with van der Waals surface area (Å²) < 4.78 is 10.7. The van der Waals surface area contributed by atoms with Crippen LogP contribution in [0.5, 0.6) is 11.5 Å². The van der Waals surface area contributed by atoms with Gasteiger partial charge in [0, 0.05) is 12.1 Å². The van der Waals surface area contributed by atoms with Gasteiger partial charge in [0.2, 0.25) is 0 Å². The van der Waals surface area contributed by atoms with E-state index in [2.05, 4.69) is 6.58 Å². The van der Waals surface area contributed by atoms with Gasteiger partial charge in [-0.15, -0.1) is 0 Å². The second kappa shape index (κ2) is 6.75. The highest BCUT2D eigenvalue weighted by atomic mass is 16.6. The van der Waals surface area contributed by atoms with Crippen molar-refractivity contribution in [1.29, 1.82) is 0 Å². The first-order valence-electron chi connectivity index (χ1n) is 5.88. The molecule has 2 N–H and O–H groups in total. The third-order valence-corrected chi connectivity index (χ3v) is 2.71. The zero-order valence-electron chi connectivity index (χ0n) is 11.1. The Bertz CT molecular complexity index is 486. The summed E-state index contributed by atoms with van der Waals surface area (Å²) in [6.07, 6.45) is 0.783. The van der Waals surface area contributed by atoms with Crippen LogP contribution in [0.4, 0.5) is 5.69 Å². The summed E-state index contributed by atoms with van der Waals surface area (Å²) in [5.74, 6) is 0.746. The van der Waals surface area contributed by atoms with Crippen molar-refractivity contribution >= 4 is 5.69 Å². The van der Waals surface area contributed by atoms with E-state index in [0.717, 1.165) is 12.0 Å². The Morgan fingerprint density at radius 1 is 1.47 bits per heavy atom. The number of nitro groups is 1. The molecule has 0 aliphatic heterocycles. The van der Waals surface area contributed by atoms with Crippen molar-refractivity contribution in [3.63, 3.8) is 0 Å². The van der Waals surface area contributed by atoms with Crippen molar-refractivity contribution in [3.05, 3.63) is 40.0 Å². The molecule has 0 atom stereocenters. The molecule has 1 aromatic rings. The van der Waals surface area contributed by atoms with Crippen molar-refractivity contribution in [2.24, 2.45) is 5.73 Å². The second-order valence-corrected chi connectivity index (χ2v) is 3.99. The van der Waals surface area contributed by atoms with Gasteiger partial charge in [-0.05, 0) is 18.1 Å². The third kappa shape index (κ3) is 3.69. The van der Waals surface area contributed by atoms with Crippen LogP contribution >= 0.6 is 0 Å². The standard InChI is InChI=1S/C13H18N2O4/c1-4-9(2)8-19-13-6-11(15(16)17)10(7-14)5-12(13)18-3/h5-6H,2,4,7-8,14H2,1,3H3. The first-order valence-corrected chi connectivity index (χ1v) is 5.88. The minimum atomic E-state index is -0.483. The lowest BCUT2D eigenvalue weighted by atomic mass is 10.1. The number of benzene rings is 1. The smallest absolute Gasteiger partial charge is 0.277 e. The number of methoxy groups -OCH3 is 1. The van der Waals surface area contributed by atoms with E-state index in [1.807, 2.05) is 6.92 Å². The Kier molecular flexibility index (Phi) is 5.32. The molecule has 6 nitrogen and oxygen atoms in total. The molecule has 1 aromatic carbocycles. The molecule has 0 aliphatic carbocycles. The number of nitro benzene ring substituents is 1. The molecule has 0 heterocycles. The number of nitrogens with zero attached hydrogens (tertiary/aromatic N) is 1. The van der Waals surface area contributed by atoms with Crippen molar-refractivity contribution < 1.29 is 14.4 Å². The van der Waals surface area contributed by atoms with Gasteiger partial charge in [0.25, 0.3) is 5.69 Å². The minimum absolute atomic E-state index is 0.0641. The highest BCUT2D eigenvalue weighted by Crippen LogP contribution is 2.34. The predicted octanol–water partition coefficient (Wildman–Crippen LogP) is 2.41. The summed E-state index contributed by atoms with van der Waals surface area (Å²) in [7, 11) is 1.48. The van der Waals surface area contributed by atoms with E-state index in [1.165, 1.54) is 19.2 Å². The van der Waals surface area contributed by atoms with E-state index in [4.69, 9.17) is 15.2 Å². The Hall–Kier alpha value is -2.08. The second-order valence-electron chi connectivity index (χ2n) is 3.99. The molecule has 19 heavy (non-hydrogen) atoms. The fraction of sp³-hybridized carbons (Fsp3) is 0.385. The average molecular weight is 266 g/mol. The number of hydrogen-bond donors (Lipinski definition) is 1. The van der Waals surface area contributed by atoms with E-state index < -0.39 is 4.92 Å². The number of ether oxygens (including phenoxy) is 2. The lowest BCUT2D eigenvalue weighted by Gasteiger charge is -2.12. The van der Waals surface area contributed by atoms with Gasteiger partial charge in [-0.1, -0.05) is 13.5 Å². The maximum atomic E-state index is 11.0. The molecule has 0 saturated heterocycles. The van der Waals surface area contributed by atoms with Crippen LogP contribution in [0.1, 0.15) is 18.9 Å². The zero-order valence-corrected chi connectivity index (χ0v) is 11.1. The Balaban J connectivity index is 3.11. The minimum Gasteiger partial charge on any atom is -0.493 e. The topological polar surface area (TPSA) is 87.6 Å². The molecule has 1 rings (SSSR count). The first kappa shape index (κ1) is 15.0. The van der Waals surface area contributed by atoms with Gasteiger partial charge in [0.1, 0.15) is 6.61 Å². The van der Waals surface area contributed by atoms with Gasteiger partial charge in [-0.2, -0.15) is 0 Å². The Morgan fingerprint density at radius 3 is 2.63 bits per heavy atom. The predicted molar refractivity (Wildman–Crippen MR) is 72.5 cm³/mol. The largest absolute Gasteiger partial charge is 0.493 e. The van der Waals surface area contributed by atoms with E-state index in [9.17, 15) is 10.1 Å². The van der Waals surface area contributed by atoms with E-state index in [0.29, 0.717) is 23.7 Å². The van der Waals surface area contributed by atoms with Crippen LogP contribution < -0.4 is 15.2 Å². The molecule has 104 valence electrons.